The van der Waals surface area contributed by atoms with Gasteiger partial charge >= 0.3 is 5.97 Å². The predicted molar refractivity (Wildman–Crippen MR) is 149 cm³/mol. The number of rotatable bonds is 5. The van der Waals surface area contributed by atoms with Crippen LogP contribution in [0.15, 0.2) is 40.8 Å². The lowest BCUT2D eigenvalue weighted by molar-refractivity contribution is -0.281. The Kier molecular flexibility index (Phi) is 7.79. The average Bonchev–Trinajstić information content (AvgIpc) is 3.53. The van der Waals surface area contributed by atoms with E-state index in [1.807, 2.05) is 19.9 Å². The Morgan fingerprint density at radius 3 is 2.38 bits per heavy atom. The summed E-state index contributed by atoms with van der Waals surface area (Å²) in [6.07, 6.45) is 3.45. The molecule has 1 heterocycles. The molecule has 1 spiro atoms. The number of allylic oxidation sites excluding steroid dienone is 1. The molecule has 3 saturated carbocycles. The first-order chi connectivity index (χ1) is 18.8. The predicted octanol–water partition coefficient (Wildman–Crippen LogP) is 4.78. The SMILES string of the molecule is C/C=C1/C[C@H](OC(=O)COS(=O)(=O)c2ccc(C)cc2)[C@]2(C)[C@H](C)[C@@H](C)C[C@]3(CCC4(OCCO4)[C@H]32)[C@@H](C)[C@@H]1O. The molecule has 9 heteroatoms. The topological polar surface area (TPSA) is 108 Å². The molecule has 1 aromatic rings. The summed E-state index contributed by atoms with van der Waals surface area (Å²) in [6.45, 7) is 12.9. The Hall–Kier alpha value is -1.78. The number of aliphatic hydroxyl groups excluding tert-OH is 1. The molecule has 5 rings (SSSR count). The molecule has 0 amide bonds. The largest absolute Gasteiger partial charge is 0.460 e. The average molecular weight is 577 g/mol. The monoisotopic (exact) mass is 576 g/mol. The van der Waals surface area contributed by atoms with Crippen LogP contribution in [0, 0.1) is 41.4 Å². The maximum absolute atomic E-state index is 13.3. The van der Waals surface area contributed by atoms with Crippen LogP contribution >= 0.6 is 0 Å². The van der Waals surface area contributed by atoms with Crippen molar-refractivity contribution in [2.45, 2.75) is 90.1 Å². The van der Waals surface area contributed by atoms with Gasteiger partial charge in [-0.05, 0) is 67.6 Å². The summed E-state index contributed by atoms with van der Waals surface area (Å²) in [4.78, 5) is 13.3. The van der Waals surface area contributed by atoms with Crippen molar-refractivity contribution in [3.63, 3.8) is 0 Å². The molecule has 0 radical (unpaired) electrons. The number of hydrogen-bond acceptors (Lipinski definition) is 8. The molecule has 0 aromatic heterocycles. The molecule has 40 heavy (non-hydrogen) atoms. The van der Waals surface area contributed by atoms with E-state index >= 15 is 0 Å². The maximum Gasteiger partial charge on any atom is 0.333 e. The Labute approximate surface area is 238 Å². The number of hydrogen-bond donors (Lipinski definition) is 1. The third kappa shape index (κ3) is 4.56. The number of aliphatic hydroxyl groups is 1. The minimum atomic E-state index is -4.13. The van der Waals surface area contributed by atoms with Gasteiger partial charge in [0, 0.05) is 24.2 Å². The molecule has 4 aliphatic rings. The molecule has 222 valence electrons. The molecule has 4 fully saturated rings. The summed E-state index contributed by atoms with van der Waals surface area (Å²) in [5.41, 5.74) is 0.916. The fourth-order valence-corrected chi connectivity index (χ4v) is 9.63. The van der Waals surface area contributed by atoms with Gasteiger partial charge in [0.2, 0.25) is 0 Å². The van der Waals surface area contributed by atoms with Gasteiger partial charge in [0.15, 0.2) is 12.4 Å². The lowest BCUT2D eigenvalue weighted by Crippen LogP contribution is -2.65. The lowest BCUT2D eigenvalue weighted by Gasteiger charge is -2.64. The summed E-state index contributed by atoms with van der Waals surface area (Å²) in [5.74, 6) is -1.25. The quantitative estimate of drug-likeness (QED) is 0.303. The van der Waals surface area contributed by atoms with Crippen LogP contribution in [0.5, 0.6) is 0 Å². The molecule has 1 N–H and O–H groups in total. The summed E-state index contributed by atoms with van der Waals surface area (Å²) >= 11 is 0. The molecule has 2 bridgehead atoms. The van der Waals surface area contributed by atoms with Crippen LogP contribution in [-0.2, 0) is 33.3 Å². The van der Waals surface area contributed by atoms with E-state index in [0.29, 0.717) is 25.6 Å². The fourth-order valence-electron chi connectivity index (χ4n) is 8.77. The third-order valence-corrected chi connectivity index (χ3v) is 12.3. The summed E-state index contributed by atoms with van der Waals surface area (Å²) < 4.78 is 49.7. The molecular weight excluding hydrogens is 532 g/mol. The van der Waals surface area contributed by atoms with Gasteiger partial charge in [-0.3, -0.25) is 4.18 Å². The third-order valence-electron chi connectivity index (χ3n) is 11.0. The minimum Gasteiger partial charge on any atom is -0.460 e. The highest BCUT2D eigenvalue weighted by atomic mass is 32.2. The van der Waals surface area contributed by atoms with Crippen LogP contribution in [0.1, 0.15) is 65.9 Å². The Balaban J connectivity index is 1.50. The van der Waals surface area contributed by atoms with Gasteiger partial charge in [0.1, 0.15) is 6.10 Å². The van der Waals surface area contributed by atoms with Gasteiger partial charge in [0.05, 0.1) is 24.2 Å². The number of carbonyl (C=O) groups is 1. The van der Waals surface area contributed by atoms with Gasteiger partial charge in [-0.15, -0.1) is 0 Å². The molecule has 8 atom stereocenters. The Morgan fingerprint density at radius 2 is 1.75 bits per heavy atom. The number of ether oxygens (including phenoxy) is 3. The van der Waals surface area contributed by atoms with Gasteiger partial charge in [-0.25, -0.2) is 4.79 Å². The first kappa shape index (κ1) is 29.7. The van der Waals surface area contributed by atoms with Gasteiger partial charge in [-0.1, -0.05) is 51.5 Å². The van der Waals surface area contributed by atoms with Crippen molar-refractivity contribution >= 4 is 16.1 Å². The van der Waals surface area contributed by atoms with E-state index in [1.54, 1.807) is 12.1 Å². The van der Waals surface area contributed by atoms with Crippen molar-refractivity contribution in [2.24, 2.45) is 34.5 Å². The second-order valence-electron chi connectivity index (χ2n) is 12.8. The highest BCUT2D eigenvalue weighted by Gasteiger charge is 2.74. The molecule has 1 aliphatic heterocycles. The first-order valence-electron chi connectivity index (χ1n) is 14.6. The van der Waals surface area contributed by atoms with Gasteiger partial charge in [0.25, 0.3) is 10.1 Å². The van der Waals surface area contributed by atoms with E-state index in [1.165, 1.54) is 12.1 Å². The minimum absolute atomic E-state index is 0.0138. The summed E-state index contributed by atoms with van der Waals surface area (Å²) in [5, 5.41) is 11.7. The Bertz CT molecular complexity index is 1250. The molecule has 1 saturated heterocycles. The Morgan fingerprint density at radius 1 is 1.10 bits per heavy atom. The fraction of sp³-hybridized carbons (Fsp3) is 0.710. The lowest BCUT2D eigenvalue weighted by atomic mass is 9.43. The zero-order valence-corrected chi connectivity index (χ0v) is 25.3. The molecule has 8 nitrogen and oxygen atoms in total. The normalized spacial score (nSPS) is 40.0. The number of aryl methyl sites for hydroxylation is 1. The van der Waals surface area contributed by atoms with Crippen molar-refractivity contribution in [3.05, 3.63) is 41.5 Å². The van der Waals surface area contributed by atoms with Crippen molar-refractivity contribution in [3.8, 4) is 0 Å². The van der Waals surface area contributed by atoms with Crippen LogP contribution in [0.3, 0.4) is 0 Å². The van der Waals surface area contributed by atoms with Crippen LogP contribution < -0.4 is 0 Å². The number of benzene rings is 1. The molecular formula is C31H44O8S. The zero-order chi connectivity index (χ0) is 29.1. The smallest absolute Gasteiger partial charge is 0.333 e. The number of esters is 1. The van der Waals surface area contributed by atoms with E-state index in [-0.39, 0.29) is 28.1 Å². The van der Waals surface area contributed by atoms with Crippen LogP contribution in [0.2, 0.25) is 0 Å². The van der Waals surface area contributed by atoms with Crippen LogP contribution in [0.4, 0.5) is 0 Å². The standard InChI is InChI=1S/C31H44O8S/c1-7-23-16-25(39-26(32)18-38-40(34,35)24-10-8-19(2)9-11-24)29(6)21(4)20(3)17-30(22(5)27(23)33)12-13-31(28(29)30)36-14-15-37-31/h7-11,20-22,25,27-28,33H,12-18H2,1-6H3/b23-7-/t20-,21+,22-,25-,27-,28-,29-,30+/m0/s1. The van der Waals surface area contributed by atoms with Crippen LogP contribution in [-0.4, -0.2) is 57.3 Å². The highest BCUT2D eigenvalue weighted by molar-refractivity contribution is 7.86. The zero-order valence-electron chi connectivity index (χ0n) is 24.5. The first-order valence-corrected chi connectivity index (χ1v) is 16.0. The second-order valence-corrected chi connectivity index (χ2v) is 14.4. The summed E-state index contributed by atoms with van der Waals surface area (Å²) in [6, 6.07) is 6.27. The van der Waals surface area contributed by atoms with Crippen LogP contribution in [0.25, 0.3) is 0 Å². The van der Waals surface area contributed by atoms with Crippen molar-refractivity contribution in [2.75, 3.05) is 19.8 Å². The molecule has 0 unspecified atom stereocenters. The van der Waals surface area contributed by atoms with E-state index in [9.17, 15) is 18.3 Å². The van der Waals surface area contributed by atoms with E-state index < -0.39 is 46.1 Å². The van der Waals surface area contributed by atoms with E-state index in [4.69, 9.17) is 18.4 Å². The van der Waals surface area contributed by atoms with Gasteiger partial charge in [-0.2, -0.15) is 8.42 Å². The van der Waals surface area contributed by atoms with Crippen molar-refractivity contribution in [1.29, 1.82) is 0 Å². The highest BCUT2D eigenvalue weighted by Crippen LogP contribution is 2.72. The molecule has 3 aliphatic carbocycles. The van der Waals surface area contributed by atoms with E-state index in [2.05, 4.69) is 27.7 Å². The van der Waals surface area contributed by atoms with Gasteiger partial charge < -0.3 is 19.3 Å². The molecule has 1 aromatic carbocycles. The van der Waals surface area contributed by atoms with E-state index in [0.717, 1.165) is 30.4 Å². The summed E-state index contributed by atoms with van der Waals surface area (Å²) in [7, 11) is -4.13. The second kappa shape index (κ2) is 10.5. The maximum atomic E-state index is 13.3. The number of carbonyl (C=O) groups excluding carboxylic acids is 1. The van der Waals surface area contributed by atoms with Crippen molar-refractivity contribution in [1.82, 2.24) is 0 Å². The van der Waals surface area contributed by atoms with Crippen molar-refractivity contribution < 1.29 is 36.7 Å².